The van der Waals surface area contributed by atoms with Crippen LogP contribution in [0.4, 0.5) is 0 Å². The molecule has 2 atom stereocenters. The Labute approximate surface area is 222 Å². The maximum absolute atomic E-state index is 12.9. The van der Waals surface area contributed by atoms with Gasteiger partial charge in [-0.05, 0) is 74.5 Å². The summed E-state index contributed by atoms with van der Waals surface area (Å²) < 4.78 is 13.5. The molecule has 2 unspecified atom stereocenters. The molecule has 0 aliphatic carbocycles. The third-order valence-electron chi connectivity index (χ3n) is 6.24. The molecule has 192 valence electrons. The Bertz CT molecular complexity index is 1290. The first-order chi connectivity index (χ1) is 18.0. The predicted octanol–water partition coefficient (Wildman–Crippen LogP) is 5.80. The van der Waals surface area contributed by atoms with Gasteiger partial charge in [-0.2, -0.15) is 10.1 Å². The van der Waals surface area contributed by atoms with Crippen LogP contribution in [0.3, 0.4) is 0 Å². The Hall–Kier alpha value is -3.36. The van der Waals surface area contributed by atoms with E-state index in [2.05, 4.69) is 16.8 Å². The summed E-state index contributed by atoms with van der Waals surface area (Å²) in [5.74, 6) is 0.623. The Morgan fingerprint density at radius 2 is 1.81 bits per heavy atom. The summed E-state index contributed by atoms with van der Waals surface area (Å²) in [7, 11) is 0. The number of hydrogen-bond donors (Lipinski definition) is 0. The number of aromatic nitrogens is 2. The molecule has 0 radical (unpaired) electrons. The molecule has 1 saturated heterocycles. The lowest BCUT2D eigenvalue weighted by atomic mass is 10.1. The lowest BCUT2D eigenvalue weighted by molar-refractivity contribution is -0.113. The van der Waals surface area contributed by atoms with Crippen LogP contribution in [0.15, 0.2) is 70.7 Å². The zero-order chi connectivity index (χ0) is 25.8. The molecule has 2 aromatic carbocycles. The number of hydrogen-bond acceptors (Lipinski definition) is 6. The minimum Gasteiger partial charge on any atom is -0.494 e. The van der Waals surface area contributed by atoms with Gasteiger partial charge in [-0.15, -0.1) is 0 Å². The van der Waals surface area contributed by atoms with E-state index in [4.69, 9.17) is 14.6 Å². The third-order valence-corrected chi connectivity index (χ3v) is 7.29. The van der Waals surface area contributed by atoms with Gasteiger partial charge in [0, 0.05) is 30.4 Å². The topological polar surface area (TPSA) is 68.9 Å². The van der Waals surface area contributed by atoms with E-state index in [1.807, 2.05) is 85.4 Å². The maximum Gasteiger partial charge on any atom is 0.286 e. The Morgan fingerprint density at radius 3 is 2.51 bits per heavy atom. The first kappa shape index (κ1) is 25.3. The number of carbonyl (C=O) groups excluding carboxylic acids is 1. The molecular formula is C29H32N4O3S. The van der Waals surface area contributed by atoms with Crippen LogP contribution in [0.2, 0.25) is 0 Å². The molecule has 1 fully saturated rings. The fourth-order valence-corrected chi connectivity index (χ4v) is 5.40. The molecule has 2 aliphatic heterocycles. The van der Waals surface area contributed by atoms with Gasteiger partial charge in [0.25, 0.3) is 5.91 Å². The van der Waals surface area contributed by atoms with Crippen LogP contribution in [0, 0.1) is 0 Å². The Balaban J connectivity index is 1.44. The van der Waals surface area contributed by atoms with Gasteiger partial charge in [-0.3, -0.25) is 4.79 Å². The highest BCUT2D eigenvalue weighted by Crippen LogP contribution is 2.34. The molecule has 0 saturated carbocycles. The maximum atomic E-state index is 12.9. The second-order valence-electron chi connectivity index (χ2n) is 9.41. The molecule has 3 aromatic rings. The highest BCUT2D eigenvalue weighted by Gasteiger charge is 2.31. The zero-order valence-corrected chi connectivity index (χ0v) is 22.3. The summed E-state index contributed by atoms with van der Waals surface area (Å²) in [6, 6.07) is 17.9. The second-order valence-corrected chi connectivity index (χ2v) is 10.4. The van der Waals surface area contributed by atoms with Crippen molar-refractivity contribution in [2.24, 2.45) is 4.99 Å². The van der Waals surface area contributed by atoms with E-state index in [0.29, 0.717) is 11.5 Å². The number of rotatable bonds is 7. The molecular weight excluding hydrogens is 484 g/mol. The van der Waals surface area contributed by atoms with Crippen LogP contribution in [0.25, 0.3) is 23.0 Å². The van der Waals surface area contributed by atoms with Crippen molar-refractivity contribution in [3.05, 3.63) is 71.3 Å². The van der Waals surface area contributed by atoms with Crippen LogP contribution in [-0.2, 0) is 9.53 Å². The summed E-state index contributed by atoms with van der Waals surface area (Å²) in [5, 5.41) is 5.64. The van der Waals surface area contributed by atoms with Gasteiger partial charge >= 0.3 is 0 Å². The number of amides is 1. The standard InChI is InChI=1S/C29H32N4O3S/c1-4-5-15-35-25-13-11-22(12-14-25)27-23(19-33(31-27)24-9-7-6-8-10-24)16-26-28(34)30-29(37-26)32-17-20(2)36-21(3)18-32/h6-14,16,19-21H,4-5,15,17-18H2,1-3H3/b26-16-. The molecule has 0 bridgehead atoms. The largest absolute Gasteiger partial charge is 0.494 e. The van der Waals surface area contributed by atoms with E-state index in [1.54, 1.807) is 0 Å². The first-order valence-corrected chi connectivity index (χ1v) is 13.6. The lowest BCUT2D eigenvalue weighted by Gasteiger charge is -2.35. The summed E-state index contributed by atoms with van der Waals surface area (Å²) in [6.45, 7) is 8.39. The normalized spacial score (nSPS) is 20.9. The number of unbranched alkanes of at least 4 members (excludes halogenated alkanes) is 1. The minimum absolute atomic E-state index is 0.0970. The molecule has 1 amide bonds. The number of carbonyl (C=O) groups is 1. The fraction of sp³-hybridized carbons (Fsp3) is 0.345. The van der Waals surface area contributed by atoms with Gasteiger partial charge < -0.3 is 14.4 Å². The van der Waals surface area contributed by atoms with E-state index in [1.165, 1.54) is 11.8 Å². The van der Waals surface area contributed by atoms with Crippen LogP contribution in [-0.4, -0.2) is 57.7 Å². The van der Waals surface area contributed by atoms with Gasteiger partial charge in [0.05, 0.1) is 35.1 Å². The van der Waals surface area contributed by atoms with Crippen LogP contribution in [0.1, 0.15) is 39.2 Å². The van der Waals surface area contributed by atoms with E-state index in [-0.39, 0.29) is 18.1 Å². The average molecular weight is 517 g/mol. The smallest absolute Gasteiger partial charge is 0.286 e. The van der Waals surface area contributed by atoms with Gasteiger partial charge in [-0.25, -0.2) is 4.68 Å². The second kappa shape index (κ2) is 11.4. The van der Waals surface area contributed by atoms with Crippen LogP contribution < -0.4 is 4.74 Å². The summed E-state index contributed by atoms with van der Waals surface area (Å²) >= 11 is 1.42. The Morgan fingerprint density at radius 1 is 1.08 bits per heavy atom. The predicted molar refractivity (Wildman–Crippen MR) is 149 cm³/mol. The molecule has 2 aliphatic rings. The number of amidine groups is 1. The number of morpholine rings is 1. The monoisotopic (exact) mass is 516 g/mol. The van der Waals surface area contributed by atoms with E-state index in [0.717, 1.165) is 59.4 Å². The van der Waals surface area contributed by atoms with Crippen molar-refractivity contribution in [1.82, 2.24) is 14.7 Å². The van der Waals surface area contributed by atoms with Crippen molar-refractivity contribution < 1.29 is 14.3 Å². The molecule has 37 heavy (non-hydrogen) atoms. The summed E-state index contributed by atoms with van der Waals surface area (Å²) in [4.78, 5) is 20.0. The average Bonchev–Trinajstić information content (AvgIpc) is 3.48. The van der Waals surface area contributed by atoms with Crippen LogP contribution in [0.5, 0.6) is 5.75 Å². The molecule has 0 spiro atoms. The summed E-state index contributed by atoms with van der Waals surface area (Å²) in [6.07, 6.45) is 6.19. The first-order valence-electron chi connectivity index (χ1n) is 12.8. The molecule has 8 heteroatoms. The van der Waals surface area contributed by atoms with Crippen LogP contribution >= 0.6 is 11.8 Å². The van der Waals surface area contributed by atoms with E-state index >= 15 is 0 Å². The number of nitrogens with zero attached hydrogens (tertiary/aromatic N) is 4. The number of ether oxygens (including phenoxy) is 2. The highest BCUT2D eigenvalue weighted by molar-refractivity contribution is 8.18. The SMILES string of the molecule is CCCCOc1ccc(-c2nn(-c3ccccc3)cc2/C=C2\SC(N3CC(C)OC(C)C3)=NC2=O)cc1. The highest BCUT2D eigenvalue weighted by atomic mass is 32.2. The van der Waals surface area contributed by atoms with Gasteiger partial charge in [0.2, 0.25) is 0 Å². The van der Waals surface area contributed by atoms with E-state index in [9.17, 15) is 4.79 Å². The number of para-hydroxylation sites is 1. The number of benzene rings is 2. The van der Waals surface area contributed by atoms with Crippen molar-refractivity contribution >= 4 is 28.9 Å². The molecule has 7 nitrogen and oxygen atoms in total. The minimum atomic E-state index is -0.218. The van der Waals surface area contributed by atoms with Crippen molar-refractivity contribution in [2.45, 2.75) is 45.8 Å². The Kier molecular flexibility index (Phi) is 7.76. The third kappa shape index (κ3) is 5.97. The number of thioether (sulfide) groups is 1. The van der Waals surface area contributed by atoms with Crippen molar-refractivity contribution in [2.75, 3.05) is 19.7 Å². The molecule has 3 heterocycles. The van der Waals surface area contributed by atoms with Gasteiger partial charge in [0.15, 0.2) is 5.17 Å². The van der Waals surface area contributed by atoms with Crippen molar-refractivity contribution in [1.29, 1.82) is 0 Å². The van der Waals surface area contributed by atoms with E-state index < -0.39 is 0 Å². The molecule has 5 rings (SSSR count). The zero-order valence-electron chi connectivity index (χ0n) is 21.5. The van der Waals surface area contributed by atoms with Gasteiger partial charge in [-0.1, -0.05) is 31.5 Å². The number of aliphatic imine (C=N–C) groups is 1. The van der Waals surface area contributed by atoms with Gasteiger partial charge in [0.1, 0.15) is 5.75 Å². The molecule has 1 aromatic heterocycles. The van der Waals surface area contributed by atoms with Crippen molar-refractivity contribution in [3.8, 4) is 22.7 Å². The lowest BCUT2D eigenvalue weighted by Crippen LogP contribution is -2.47. The summed E-state index contributed by atoms with van der Waals surface area (Å²) in [5.41, 5.74) is 3.56. The molecule has 0 N–H and O–H groups in total. The fourth-order valence-electron chi connectivity index (χ4n) is 4.48. The quantitative estimate of drug-likeness (QED) is 0.292. The van der Waals surface area contributed by atoms with Crippen molar-refractivity contribution in [3.63, 3.8) is 0 Å².